The highest BCUT2D eigenvalue weighted by Crippen LogP contribution is 2.38. The normalized spacial score (nSPS) is 14.5. The number of carbonyl (C=O) groups is 5. The van der Waals surface area contributed by atoms with Gasteiger partial charge in [0.05, 0.1) is 13.2 Å². The lowest BCUT2D eigenvalue weighted by atomic mass is 9.72. The molecule has 0 aromatic rings. The summed E-state index contributed by atoms with van der Waals surface area (Å²) in [6.45, 7) is 19.3. The van der Waals surface area contributed by atoms with Crippen molar-refractivity contribution in [3.05, 3.63) is 60.8 Å². The van der Waals surface area contributed by atoms with Crippen LogP contribution >= 0.6 is 0 Å². The van der Waals surface area contributed by atoms with Crippen LogP contribution in [0.4, 0.5) is 0 Å². The molecule has 202 valence electrons. The second-order valence-corrected chi connectivity index (χ2v) is 10.5. The highest BCUT2D eigenvalue weighted by molar-refractivity contribution is 6.50. The van der Waals surface area contributed by atoms with E-state index >= 15 is 0 Å². The Hall–Kier alpha value is -3.59. The van der Waals surface area contributed by atoms with E-state index < -0.39 is 65.7 Å². The molecule has 0 spiro atoms. The van der Waals surface area contributed by atoms with Gasteiger partial charge in [0, 0.05) is 29.4 Å². The van der Waals surface area contributed by atoms with Gasteiger partial charge in [-0.2, -0.15) is 0 Å². The Morgan fingerprint density at radius 1 is 0.757 bits per heavy atom. The number of rotatable bonds is 12. The van der Waals surface area contributed by atoms with Crippen LogP contribution < -0.4 is 0 Å². The van der Waals surface area contributed by atoms with Crippen molar-refractivity contribution in [1.82, 2.24) is 0 Å². The second-order valence-electron chi connectivity index (χ2n) is 10.5. The van der Waals surface area contributed by atoms with Crippen LogP contribution in [0.2, 0.25) is 0 Å². The molecule has 0 radical (unpaired) electrons. The highest BCUT2D eigenvalue weighted by Gasteiger charge is 2.41. The third-order valence-corrected chi connectivity index (χ3v) is 5.34. The molecular formula is C28H36O9. The van der Waals surface area contributed by atoms with Gasteiger partial charge in [0.25, 0.3) is 0 Å². The smallest absolute Gasteiger partial charge is 0.331 e. The molecule has 0 aromatic heterocycles. The van der Waals surface area contributed by atoms with Crippen LogP contribution in [0.5, 0.6) is 0 Å². The standard InChI is InChI=1S/C28H36O9/c1-10-21(29)35-16-28(37-23(31)12-3,17-36-22(30)11-2)15-34-14-18-19(26(4,5)6)13-20(27(7,8)9)25(33)24(18)32/h10-13H,1-3,14-17H2,4-9H3. The van der Waals surface area contributed by atoms with Gasteiger partial charge in [0.2, 0.25) is 17.2 Å². The molecule has 0 saturated carbocycles. The van der Waals surface area contributed by atoms with Crippen LogP contribution in [0.15, 0.2) is 60.8 Å². The fraction of sp³-hybridized carbons (Fsp3) is 0.464. The fourth-order valence-corrected chi connectivity index (χ4v) is 3.38. The first-order valence-electron chi connectivity index (χ1n) is 11.6. The molecule has 0 N–H and O–H groups in total. The molecule has 0 unspecified atom stereocenters. The molecule has 0 aliphatic heterocycles. The molecule has 0 aromatic carbocycles. The lowest BCUT2D eigenvalue weighted by Crippen LogP contribution is -2.49. The van der Waals surface area contributed by atoms with Crippen molar-refractivity contribution in [3.8, 4) is 0 Å². The Morgan fingerprint density at radius 2 is 1.24 bits per heavy atom. The monoisotopic (exact) mass is 516 g/mol. The maximum absolute atomic E-state index is 13.1. The van der Waals surface area contributed by atoms with Crippen molar-refractivity contribution < 1.29 is 42.9 Å². The summed E-state index contributed by atoms with van der Waals surface area (Å²) in [5.74, 6) is -3.85. The van der Waals surface area contributed by atoms with Crippen molar-refractivity contribution in [3.63, 3.8) is 0 Å². The molecule has 0 bridgehead atoms. The predicted molar refractivity (Wildman–Crippen MR) is 136 cm³/mol. The van der Waals surface area contributed by atoms with Gasteiger partial charge in [0.15, 0.2) is 0 Å². The van der Waals surface area contributed by atoms with E-state index in [1.54, 1.807) is 6.08 Å². The number of allylic oxidation sites excluding steroid dienone is 3. The topological polar surface area (TPSA) is 122 Å². The maximum atomic E-state index is 13.1. The summed E-state index contributed by atoms with van der Waals surface area (Å²) in [5, 5.41) is 0. The van der Waals surface area contributed by atoms with E-state index in [4.69, 9.17) is 18.9 Å². The van der Waals surface area contributed by atoms with Crippen LogP contribution in [0.1, 0.15) is 41.5 Å². The van der Waals surface area contributed by atoms with Crippen LogP contribution in [0, 0.1) is 10.8 Å². The van der Waals surface area contributed by atoms with Crippen molar-refractivity contribution in [2.45, 2.75) is 47.1 Å². The summed E-state index contributed by atoms with van der Waals surface area (Å²) in [6.07, 6.45) is 4.41. The number of ketones is 2. The highest BCUT2D eigenvalue weighted by atomic mass is 16.6. The van der Waals surface area contributed by atoms with E-state index in [0.29, 0.717) is 11.1 Å². The second kappa shape index (κ2) is 12.6. The van der Waals surface area contributed by atoms with E-state index in [9.17, 15) is 24.0 Å². The minimum atomic E-state index is -1.79. The lowest BCUT2D eigenvalue weighted by Gasteiger charge is -2.33. The average molecular weight is 517 g/mol. The molecule has 9 heteroatoms. The maximum Gasteiger partial charge on any atom is 0.331 e. The van der Waals surface area contributed by atoms with Crippen LogP contribution in [-0.2, 0) is 42.9 Å². The fourth-order valence-electron chi connectivity index (χ4n) is 3.38. The molecule has 37 heavy (non-hydrogen) atoms. The molecule has 1 aliphatic carbocycles. The summed E-state index contributed by atoms with van der Waals surface area (Å²) in [6, 6.07) is 0. The van der Waals surface area contributed by atoms with E-state index in [2.05, 4.69) is 19.7 Å². The Morgan fingerprint density at radius 3 is 1.65 bits per heavy atom. The number of ether oxygens (including phenoxy) is 4. The van der Waals surface area contributed by atoms with Crippen LogP contribution in [-0.4, -0.2) is 61.5 Å². The number of carbonyl (C=O) groups excluding carboxylic acids is 5. The quantitative estimate of drug-likeness (QED) is 0.126. The molecule has 0 heterocycles. The minimum Gasteiger partial charge on any atom is -0.458 e. The molecule has 0 fully saturated rings. The lowest BCUT2D eigenvalue weighted by molar-refractivity contribution is -0.187. The minimum absolute atomic E-state index is 0.153. The number of esters is 3. The van der Waals surface area contributed by atoms with E-state index in [1.807, 2.05) is 41.5 Å². The van der Waals surface area contributed by atoms with Crippen molar-refractivity contribution in [1.29, 1.82) is 0 Å². The Kier molecular flexibility index (Phi) is 10.7. The molecule has 1 aliphatic rings. The molecule has 0 amide bonds. The van der Waals surface area contributed by atoms with Crippen LogP contribution in [0.3, 0.4) is 0 Å². The summed E-state index contributed by atoms with van der Waals surface area (Å²) in [5.41, 5.74) is -1.66. The SMILES string of the molecule is C=CC(=O)OCC(COCC1=C(C(C)(C)C)C=C(C(C)(C)C)C(=O)C1=O)(COC(=O)C=C)OC(=O)C=C. The first-order valence-corrected chi connectivity index (χ1v) is 11.6. The largest absolute Gasteiger partial charge is 0.458 e. The van der Waals surface area contributed by atoms with Gasteiger partial charge >= 0.3 is 17.9 Å². The summed E-state index contributed by atoms with van der Waals surface area (Å²) in [7, 11) is 0. The Bertz CT molecular complexity index is 1020. The zero-order valence-electron chi connectivity index (χ0n) is 22.4. The van der Waals surface area contributed by atoms with Gasteiger partial charge in [-0.15, -0.1) is 0 Å². The third kappa shape index (κ3) is 8.78. The van der Waals surface area contributed by atoms with Gasteiger partial charge in [-0.1, -0.05) is 67.4 Å². The first kappa shape index (κ1) is 31.4. The van der Waals surface area contributed by atoms with Gasteiger partial charge < -0.3 is 18.9 Å². The third-order valence-electron chi connectivity index (χ3n) is 5.34. The Labute approximate surface area is 217 Å². The molecule has 9 nitrogen and oxygen atoms in total. The summed E-state index contributed by atoms with van der Waals surface area (Å²) < 4.78 is 21.3. The van der Waals surface area contributed by atoms with Crippen molar-refractivity contribution in [2.24, 2.45) is 10.8 Å². The molecule has 0 saturated heterocycles. The summed E-state index contributed by atoms with van der Waals surface area (Å²) in [4.78, 5) is 61.6. The van der Waals surface area contributed by atoms with Crippen molar-refractivity contribution in [2.75, 3.05) is 26.4 Å². The summed E-state index contributed by atoms with van der Waals surface area (Å²) >= 11 is 0. The molecule has 1 rings (SSSR count). The zero-order valence-corrected chi connectivity index (χ0v) is 22.4. The van der Waals surface area contributed by atoms with Gasteiger partial charge in [-0.25, -0.2) is 14.4 Å². The number of hydrogen-bond acceptors (Lipinski definition) is 9. The predicted octanol–water partition coefficient (Wildman–Crippen LogP) is 3.40. The molecular weight excluding hydrogens is 480 g/mol. The Balaban J connectivity index is 3.41. The van der Waals surface area contributed by atoms with Gasteiger partial charge in [-0.3, -0.25) is 9.59 Å². The zero-order chi connectivity index (χ0) is 28.6. The average Bonchev–Trinajstić information content (AvgIpc) is 2.81. The molecule has 0 atom stereocenters. The van der Waals surface area contributed by atoms with E-state index in [-0.39, 0.29) is 12.2 Å². The van der Waals surface area contributed by atoms with Crippen molar-refractivity contribution >= 4 is 29.5 Å². The first-order chi connectivity index (χ1) is 17.0. The van der Waals surface area contributed by atoms with Crippen LogP contribution in [0.25, 0.3) is 0 Å². The van der Waals surface area contributed by atoms with Gasteiger partial charge in [-0.05, 0) is 16.4 Å². The van der Waals surface area contributed by atoms with E-state index in [0.717, 1.165) is 18.2 Å². The number of Topliss-reactive ketones (excluding diaryl/α,β-unsaturated/α-hetero) is 2. The van der Waals surface area contributed by atoms with Gasteiger partial charge in [0.1, 0.15) is 13.2 Å². The number of hydrogen-bond donors (Lipinski definition) is 0. The van der Waals surface area contributed by atoms with E-state index in [1.165, 1.54) is 0 Å².